The minimum absolute atomic E-state index is 0.0324. The molecule has 0 spiro atoms. The van der Waals surface area contributed by atoms with Gasteiger partial charge in [-0.15, -0.1) is 0 Å². The highest BCUT2D eigenvalue weighted by Crippen LogP contribution is 2.42. The first-order valence-electron chi connectivity index (χ1n) is 10.2. The molecule has 0 aliphatic carbocycles. The van der Waals surface area contributed by atoms with Gasteiger partial charge < -0.3 is 9.64 Å². The fraction of sp³-hybridized carbons (Fsp3) is 0.700. The Kier molecular flexibility index (Phi) is 5.64. The van der Waals surface area contributed by atoms with Gasteiger partial charge in [0.15, 0.2) is 0 Å². The van der Waals surface area contributed by atoms with Crippen molar-refractivity contribution in [2.24, 2.45) is 5.92 Å². The van der Waals surface area contributed by atoms with Crippen LogP contribution in [0, 0.1) is 5.92 Å². The Hall–Kier alpha value is -1.25. The molecule has 0 N–H and O–H groups in total. The van der Waals surface area contributed by atoms with Crippen LogP contribution >= 0.6 is 0 Å². The molecule has 0 saturated carbocycles. The van der Waals surface area contributed by atoms with Gasteiger partial charge in [-0.3, -0.25) is 0 Å². The van der Waals surface area contributed by atoms with Crippen molar-refractivity contribution >= 4 is 10.0 Å². The number of ether oxygens (including phenoxy) is 1. The smallest absolute Gasteiger partial charge is 0.387 e. The predicted molar refractivity (Wildman–Crippen MR) is 102 cm³/mol. The second-order valence-corrected chi connectivity index (χ2v) is 10.3. The van der Waals surface area contributed by atoms with E-state index in [0.29, 0.717) is 6.04 Å². The van der Waals surface area contributed by atoms with Crippen molar-refractivity contribution in [2.45, 2.75) is 75.1 Å². The van der Waals surface area contributed by atoms with Gasteiger partial charge in [0, 0.05) is 18.1 Å². The van der Waals surface area contributed by atoms with Gasteiger partial charge in [-0.05, 0) is 81.8 Å². The van der Waals surface area contributed by atoms with Crippen LogP contribution in [0.25, 0.3) is 0 Å². The van der Waals surface area contributed by atoms with Crippen LogP contribution in [-0.4, -0.2) is 55.4 Å². The zero-order valence-electron chi connectivity index (χ0n) is 16.1. The number of fused-ring (bicyclic) bond motifs is 2. The van der Waals surface area contributed by atoms with Gasteiger partial charge in [-0.2, -0.15) is 13.1 Å². The van der Waals surface area contributed by atoms with Gasteiger partial charge in [-0.1, -0.05) is 6.92 Å². The molecule has 4 rings (SSSR count). The lowest BCUT2D eigenvalue weighted by atomic mass is 9.93. The van der Waals surface area contributed by atoms with E-state index in [2.05, 4.69) is 16.6 Å². The summed E-state index contributed by atoms with van der Waals surface area (Å²) in [5, 5.41) is 0. The minimum Gasteiger partial charge on any atom is -0.435 e. The SMILES string of the molecule is CC1CCN(C2C[C@H]3CC[C@@H](C2)N3S(=O)(=O)c2ccc(OC(F)F)cc2)CC1. The quantitative estimate of drug-likeness (QED) is 0.737. The van der Waals surface area contributed by atoms with Crippen LogP contribution in [-0.2, 0) is 10.0 Å². The average Bonchev–Trinajstić information content (AvgIpc) is 2.94. The molecule has 8 heteroatoms. The number of piperidine rings is 2. The first kappa shape index (κ1) is 20.0. The summed E-state index contributed by atoms with van der Waals surface area (Å²) in [5.41, 5.74) is 0. The summed E-state index contributed by atoms with van der Waals surface area (Å²) in [7, 11) is -3.63. The van der Waals surface area contributed by atoms with E-state index in [0.717, 1.165) is 44.7 Å². The Labute approximate surface area is 165 Å². The first-order chi connectivity index (χ1) is 13.3. The van der Waals surface area contributed by atoms with Gasteiger partial charge in [0.1, 0.15) is 5.75 Å². The third-order valence-corrected chi connectivity index (χ3v) is 8.62. The van der Waals surface area contributed by atoms with Crippen LogP contribution in [0.1, 0.15) is 45.4 Å². The summed E-state index contributed by atoms with van der Waals surface area (Å²) in [6.45, 7) is 1.61. The van der Waals surface area contributed by atoms with E-state index < -0.39 is 16.6 Å². The van der Waals surface area contributed by atoms with E-state index in [1.165, 1.54) is 37.1 Å². The molecule has 28 heavy (non-hydrogen) atoms. The summed E-state index contributed by atoms with van der Waals surface area (Å²) in [6.07, 6.45) is 6.02. The molecule has 3 saturated heterocycles. The molecule has 3 fully saturated rings. The highest BCUT2D eigenvalue weighted by Gasteiger charge is 2.48. The van der Waals surface area contributed by atoms with E-state index in [1.807, 2.05) is 0 Å². The van der Waals surface area contributed by atoms with E-state index >= 15 is 0 Å². The van der Waals surface area contributed by atoms with Gasteiger partial charge in [0.05, 0.1) is 4.90 Å². The summed E-state index contributed by atoms with van der Waals surface area (Å²) < 4.78 is 57.1. The second-order valence-electron chi connectivity index (χ2n) is 8.41. The minimum atomic E-state index is -3.63. The molecular weight excluding hydrogens is 386 g/mol. The number of hydrogen-bond acceptors (Lipinski definition) is 4. The largest absolute Gasteiger partial charge is 0.435 e. The summed E-state index contributed by atoms with van der Waals surface area (Å²) in [6, 6.07) is 5.86. The Balaban J connectivity index is 1.47. The van der Waals surface area contributed by atoms with E-state index in [-0.39, 0.29) is 22.7 Å². The van der Waals surface area contributed by atoms with Gasteiger partial charge in [0.25, 0.3) is 0 Å². The number of nitrogens with zero attached hydrogens (tertiary/aromatic N) is 2. The van der Waals surface area contributed by atoms with Crippen LogP contribution in [0.2, 0.25) is 0 Å². The Morgan fingerprint density at radius 3 is 2.07 bits per heavy atom. The van der Waals surface area contributed by atoms with Gasteiger partial charge in [-0.25, -0.2) is 8.42 Å². The molecule has 0 radical (unpaired) electrons. The van der Waals surface area contributed by atoms with Crippen LogP contribution in [0.4, 0.5) is 8.78 Å². The second kappa shape index (κ2) is 7.88. The van der Waals surface area contributed by atoms with Crippen molar-refractivity contribution in [3.05, 3.63) is 24.3 Å². The summed E-state index contributed by atoms with van der Waals surface area (Å²) in [4.78, 5) is 2.71. The highest BCUT2D eigenvalue weighted by molar-refractivity contribution is 7.89. The predicted octanol–water partition coefficient (Wildman–Crippen LogP) is 3.70. The molecule has 3 atom stereocenters. The first-order valence-corrected chi connectivity index (χ1v) is 11.6. The van der Waals surface area contributed by atoms with Crippen molar-refractivity contribution < 1.29 is 21.9 Å². The molecule has 3 heterocycles. The Morgan fingerprint density at radius 1 is 0.964 bits per heavy atom. The Bertz CT molecular complexity index is 765. The monoisotopic (exact) mass is 414 g/mol. The molecular formula is C20H28F2N2O3S. The maximum Gasteiger partial charge on any atom is 0.387 e. The molecule has 0 aromatic heterocycles. The lowest BCUT2D eigenvalue weighted by Crippen LogP contribution is -2.53. The molecule has 3 aliphatic rings. The van der Waals surface area contributed by atoms with Crippen molar-refractivity contribution in [2.75, 3.05) is 13.1 Å². The molecule has 3 aliphatic heterocycles. The van der Waals surface area contributed by atoms with Gasteiger partial charge in [0.2, 0.25) is 10.0 Å². The molecule has 1 unspecified atom stereocenters. The maximum atomic E-state index is 13.2. The molecule has 1 aromatic rings. The highest BCUT2D eigenvalue weighted by atomic mass is 32.2. The number of hydrogen-bond donors (Lipinski definition) is 0. The van der Waals surface area contributed by atoms with Crippen LogP contribution in [0.5, 0.6) is 5.75 Å². The maximum absolute atomic E-state index is 13.2. The van der Waals surface area contributed by atoms with Crippen LogP contribution in [0.3, 0.4) is 0 Å². The van der Waals surface area contributed by atoms with Crippen molar-refractivity contribution in [1.82, 2.24) is 9.21 Å². The summed E-state index contributed by atoms with van der Waals surface area (Å²) in [5.74, 6) is 0.750. The summed E-state index contributed by atoms with van der Waals surface area (Å²) >= 11 is 0. The number of alkyl halides is 2. The van der Waals surface area contributed by atoms with E-state index in [9.17, 15) is 17.2 Å². The Morgan fingerprint density at radius 2 is 1.54 bits per heavy atom. The number of rotatable bonds is 5. The zero-order valence-corrected chi connectivity index (χ0v) is 17.0. The van der Waals surface area contributed by atoms with Crippen molar-refractivity contribution in [3.8, 4) is 5.75 Å². The van der Waals surface area contributed by atoms with Crippen molar-refractivity contribution in [3.63, 3.8) is 0 Å². The lowest BCUT2D eigenvalue weighted by molar-refractivity contribution is -0.0498. The third-order valence-electron chi connectivity index (χ3n) is 6.60. The molecule has 0 amide bonds. The zero-order chi connectivity index (χ0) is 19.9. The van der Waals surface area contributed by atoms with Gasteiger partial charge >= 0.3 is 6.61 Å². The number of benzene rings is 1. The molecule has 5 nitrogen and oxygen atoms in total. The fourth-order valence-electron chi connectivity index (χ4n) is 5.10. The van der Waals surface area contributed by atoms with E-state index in [4.69, 9.17) is 0 Å². The average molecular weight is 415 g/mol. The molecule has 2 bridgehead atoms. The fourth-order valence-corrected chi connectivity index (χ4v) is 7.00. The topological polar surface area (TPSA) is 49.9 Å². The number of likely N-dealkylation sites (tertiary alicyclic amines) is 1. The number of halogens is 2. The third kappa shape index (κ3) is 3.91. The lowest BCUT2D eigenvalue weighted by Gasteiger charge is -2.44. The number of sulfonamides is 1. The van der Waals surface area contributed by atoms with Crippen LogP contribution in [0.15, 0.2) is 29.2 Å². The van der Waals surface area contributed by atoms with Crippen molar-refractivity contribution in [1.29, 1.82) is 0 Å². The standard InChI is InChI=1S/C20H28F2N2O3S/c1-14-8-10-23(11-9-14)17-12-15-2-3-16(13-17)24(15)28(25,26)19-6-4-18(5-7-19)27-20(21)22/h4-7,14-17,20H,2-3,8-13H2,1H3/t15-,16+,17?. The molecule has 1 aromatic carbocycles. The normalized spacial score (nSPS) is 30.1. The molecule has 156 valence electrons. The van der Waals surface area contributed by atoms with Crippen LogP contribution < -0.4 is 4.74 Å². The van der Waals surface area contributed by atoms with E-state index in [1.54, 1.807) is 4.31 Å².